The summed E-state index contributed by atoms with van der Waals surface area (Å²) in [5, 5.41) is 0. The van der Waals surface area contributed by atoms with E-state index in [1.54, 1.807) is 0 Å². The van der Waals surface area contributed by atoms with E-state index >= 15 is 0 Å². The van der Waals surface area contributed by atoms with Crippen molar-refractivity contribution in [3.8, 4) is 17.8 Å². The van der Waals surface area contributed by atoms with Gasteiger partial charge >= 0.3 is 12.0 Å². The van der Waals surface area contributed by atoms with Crippen molar-refractivity contribution < 1.29 is 9.47 Å². The molecule has 2 aromatic rings. The van der Waals surface area contributed by atoms with Crippen LogP contribution in [0.3, 0.4) is 0 Å². The van der Waals surface area contributed by atoms with E-state index in [0.29, 0.717) is 12.4 Å². The second-order valence-electron chi connectivity index (χ2n) is 4.64. The van der Waals surface area contributed by atoms with E-state index in [1.807, 2.05) is 32.9 Å². The average molecular weight is 289 g/mol. The summed E-state index contributed by atoms with van der Waals surface area (Å²) in [5.41, 5.74) is 4.56. The Hall–Kier alpha value is -2.41. The topological polar surface area (TPSA) is 95.2 Å². The van der Waals surface area contributed by atoms with Gasteiger partial charge in [0.05, 0.1) is 6.61 Å². The van der Waals surface area contributed by atoms with Crippen molar-refractivity contribution >= 4 is 5.95 Å². The SMILES string of the molecule is CCCOc1nc(NN)nc(Oc2cc(C)cc(C)c2)n1. The first-order chi connectivity index (χ1) is 10.1. The summed E-state index contributed by atoms with van der Waals surface area (Å²) in [7, 11) is 0. The average Bonchev–Trinajstić information content (AvgIpc) is 2.43. The number of aromatic nitrogens is 3. The lowest BCUT2D eigenvalue weighted by atomic mass is 10.1. The highest BCUT2D eigenvalue weighted by Gasteiger charge is 2.09. The molecule has 7 heteroatoms. The molecule has 0 fully saturated rings. The number of hydrazine groups is 1. The number of nitrogens with two attached hydrogens (primary N) is 1. The molecule has 0 atom stereocenters. The number of hydrogen-bond acceptors (Lipinski definition) is 7. The summed E-state index contributed by atoms with van der Waals surface area (Å²) in [6.07, 6.45) is 0.852. The monoisotopic (exact) mass is 289 g/mol. The lowest BCUT2D eigenvalue weighted by molar-refractivity contribution is 0.285. The second kappa shape index (κ2) is 6.85. The van der Waals surface area contributed by atoms with Gasteiger partial charge in [0.2, 0.25) is 5.95 Å². The predicted octanol–water partition coefficient (Wildman–Crippen LogP) is 2.36. The summed E-state index contributed by atoms with van der Waals surface area (Å²) < 4.78 is 11.1. The van der Waals surface area contributed by atoms with Crippen molar-refractivity contribution in [1.29, 1.82) is 0 Å². The number of nitrogen functional groups attached to an aromatic ring is 1. The van der Waals surface area contributed by atoms with Gasteiger partial charge in [-0.05, 0) is 43.5 Å². The zero-order valence-electron chi connectivity index (χ0n) is 12.4. The van der Waals surface area contributed by atoms with Gasteiger partial charge in [-0.15, -0.1) is 4.98 Å². The normalized spacial score (nSPS) is 10.3. The molecule has 112 valence electrons. The molecular weight excluding hydrogens is 270 g/mol. The zero-order chi connectivity index (χ0) is 15.2. The van der Waals surface area contributed by atoms with Crippen LogP contribution >= 0.6 is 0 Å². The predicted molar refractivity (Wildman–Crippen MR) is 79.4 cm³/mol. The van der Waals surface area contributed by atoms with Gasteiger partial charge in [-0.25, -0.2) is 5.84 Å². The van der Waals surface area contributed by atoms with Crippen LogP contribution in [0, 0.1) is 13.8 Å². The van der Waals surface area contributed by atoms with E-state index < -0.39 is 0 Å². The van der Waals surface area contributed by atoms with Gasteiger partial charge in [0.1, 0.15) is 5.75 Å². The molecule has 7 nitrogen and oxygen atoms in total. The molecule has 0 radical (unpaired) electrons. The number of nitrogens with zero attached hydrogens (tertiary/aromatic N) is 3. The van der Waals surface area contributed by atoms with Crippen molar-refractivity contribution in [3.63, 3.8) is 0 Å². The number of hydrogen-bond donors (Lipinski definition) is 2. The number of aryl methyl sites for hydroxylation is 2. The fraction of sp³-hybridized carbons (Fsp3) is 0.357. The van der Waals surface area contributed by atoms with Gasteiger partial charge in [-0.3, -0.25) is 5.43 Å². The third-order valence-electron chi connectivity index (χ3n) is 2.56. The second-order valence-corrected chi connectivity index (χ2v) is 4.64. The minimum Gasteiger partial charge on any atom is -0.463 e. The van der Waals surface area contributed by atoms with Gasteiger partial charge < -0.3 is 9.47 Å². The van der Waals surface area contributed by atoms with E-state index in [9.17, 15) is 0 Å². The number of nitrogens with one attached hydrogen (secondary N) is 1. The van der Waals surface area contributed by atoms with Crippen LogP contribution in [0.1, 0.15) is 24.5 Å². The number of benzene rings is 1. The zero-order valence-corrected chi connectivity index (χ0v) is 12.4. The standard InChI is InChI=1S/C14H19N5O2/c1-4-5-20-13-16-12(19-15)17-14(18-13)21-11-7-9(2)6-10(3)8-11/h6-8H,4-5,15H2,1-3H3,(H,16,17,18,19). The molecule has 0 aliphatic rings. The number of ether oxygens (including phenoxy) is 2. The summed E-state index contributed by atoms with van der Waals surface area (Å²) >= 11 is 0. The van der Waals surface area contributed by atoms with Crippen molar-refractivity contribution in [1.82, 2.24) is 15.0 Å². The molecule has 1 aromatic carbocycles. The largest absolute Gasteiger partial charge is 0.463 e. The van der Waals surface area contributed by atoms with Crippen molar-refractivity contribution in [2.45, 2.75) is 27.2 Å². The maximum Gasteiger partial charge on any atom is 0.330 e. The maximum atomic E-state index is 5.67. The smallest absolute Gasteiger partial charge is 0.330 e. The number of anilines is 1. The van der Waals surface area contributed by atoms with Crippen molar-refractivity contribution in [3.05, 3.63) is 29.3 Å². The number of rotatable bonds is 6. The third-order valence-corrected chi connectivity index (χ3v) is 2.56. The molecule has 0 amide bonds. The molecule has 0 bridgehead atoms. The summed E-state index contributed by atoms with van der Waals surface area (Å²) in [6.45, 7) is 6.50. The van der Waals surface area contributed by atoms with Crippen LogP contribution in [0.2, 0.25) is 0 Å². The lowest BCUT2D eigenvalue weighted by Gasteiger charge is -2.09. The van der Waals surface area contributed by atoms with E-state index in [-0.39, 0.29) is 18.0 Å². The van der Waals surface area contributed by atoms with Crippen molar-refractivity contribution in [2.24, 2.45) is 5.84 Å². The molecule has 0 spiro atoms. The molecule has 0 aliphatic heterocycles. The van der Waals surface area contributed by atoms with Crippen LogP contribution in [0.5, 0.6) is 17.8 Å². The van der Waals surface area contributed by atoms with Crippen LogP contribution in [-0.4, -0.2) is 21.6 Å². The van der Waals surface area contributed by atoms with E-state index in [2.05, 4.69) is 26.4 Å². The Kier molecular flexibility index (Phi) is 4.89. The quantitative estimate of drug-likeness (QED) is 0.622. The van der Waals surface area contributed by atoms with Gasteiger partial charge in [0, 0.05) is 0 Å². The molecule has 2 rings (SSSR count). The van der Waals surface area contributed by atoms with Crippen LogP contribution in [0.15, 0.2) is 18.2 Å². The Morgan fingerprint density at radius 2 is 1.71 bits per heavy atom. The van der Waals surface area contributed by atoms with E-state index in [1.165, 1.54) is 0 Å². The minimum absolute atomic E-state index is 0.133. The molecule has 0 saturated carbocycles. The van der Waals surface area contributed by atoms with Crippen molar-refractivity contribution in [2.75, 3.05) is 12.0 Å². The molecule has 1 heterocycles. The highest BCUT2D eigenvalue weighted by molar-refractivity contribution is 5.35. The van der Waals surface area contributed by atoms with Crippen LogP contribution < -0.4 is 20.7 Å². The first-order valence-electron chi connectivity index (χ1n) is 6.72. The Morgan fingerprint density at radius 3 is 2.33 bits per heavy atom. The van der Waals surface area contributed by atoms with E-state index in [4.69, 9.17) is 15.3 Å². The Bertz CT molecular complexity index is 598. The van der Waals surface area contributed by atoms with Gasteiger partial charge in [0.15, 0.2) is 0 Å². The van der Waals surface area contributed by atoms with Gasteiger partial charge in [-0.1, -0.05) is 13.0 Å². The molecule has 21 heavy (non-hydrogen) atoms. The Labute approximate surface area is 123 Å². The summed E-state index contributed by atoms with van der Waals surface area (Å²) in [5.74, 6) is 6.19. The first-order valence-corrected chi connectivity index (χ1v) is 6.72. The Balaban J connectivity index is 2.25. The van der Waals surface area contributed by atoms with Crippen LogP contribution in [0.4, 0.5) is 5.95 Å². The molecule has 0 saturated heterocycles. The molecule has 0 aliphatic carbocycles. The first kappa shape index (κ1) is 15.0. The lowest BCUT2D eigenvalue weighted by Crippen LogP contribution is -2.13. The highest BCUT2D eigenvalue weighted by atomic mass is 16.5. The summed E-state index contributed by atoms with van der Waals surface area (Å²) in [6, 6.07) is 6.18. The third kappa shape index (κ3) is 4.28. The minimum atomic E-state index is 0.133. The van der Waals surface area contributed by atoms with E-state index in [0.717, 1.165) is 17.5 Å². The molecular formula is C14H19N5O2. The fourth-order valence-electron chi connectivity index (χ4n) is 1.80. The Morgan fingerprint density at radius 1 is 1.05 bits per heavy atom. The fourth-order valence-corrected chi connectivity index (χ4v) is 1.80. The van der Waals surface area contributed by atoms with Gasteiger partial charge in [0.25, 0.3) is 0 Å². The van der Waals surface area contributed by atoms with Crippen LogP contribution in [0.25, 0.3) is 0 Å². The molecule has 3 N–H and O–H groups in total. The molecule has 1 aromatic heterocycles. The van der Waals surface area contributed by atoms with Gasteiger partial charge in [-0.2, -0.15) is 9.97 Å². The maximum absolute atomic E-state index is 5.67. The summed E-state index contributed by atoms with van der Waals surface area (Å²) in [4.78, 5) is 12.2. The van der Waals surface area contributed by atoms with Crippen LogP contribution in [-0.2, 0) is 0 Å². The molecule has 0 unspecified atom stereocenters. The highest BCUT2D eigenvalue weighted by Crippen LogP contribution is 2.22.